The summed E-state index contributed by atoms with van der Waals surface area (Å²) >= 11 is 0. The molecule has 1 aromatic heterocycles. The first-order chi connectivity index (χ1) is 19.9. The van der Waals surface area contributed by atoms with Gasteiger partial charge in [0.25, 0.3) is 5.91 Å². The molecule has 8 heteroatoms. The fourth-order valence-electron chi connectivity index (χ4n) is 6.65. The molecule has 1 saturated carbocycles. The van der Waals surface area contributed by atoms with Crippen LogP contribution in [0.3, 0.4) is 0 Å². The molecule has 1 saturated heterocycles. The van der Waals surface area contributed by atoms with E-state index in [4.69, 9.17) is 4.74 Å². The second-order valence-electron chi connectivity index (χ2n) is 12.5. The van der Waals surface area contributed by atoms with Crippen molar-refractivity contribution < 1.29 is 14.3 Å². The molecule has 41 heavy (non-hydrogen) atoms. The van der Waals surface area contributed by atoms with Crippen LogP contribution in [-0.2, 0) is 16.1 Å². The molecule has 2 fully saturated rings. The summed E-state index contributed by atoms with van der Waals surface area (Å²) < 4.78 is 7.40. The summed E-state index contributed by atoms with van der Waals surface area (Å²) in [5.41, 5.74) is 1.75. The van der Waals surface area contributed by atoms with Crippen LogP contribution in [0.1, 0.15) is 82.1 Å². The van der Waals surface area contributed by atoms with Gasteiger partial charge in [-0.15, -0.1) is 0 Å². The molecule has 3 atom stereocenters. The Labute approximate surface area is 245 Å². The number of nitrogens with one attached hydrogen (secondary N) is 2. The molecule has 0 spiro atoms. The highest BCUT2D eigenvalue weighted by Gasteiger charge is 2.34. The van der Waals surface area contributed by atoms with Crippen molar-refractivity contribution in [2.24, 2.45) is 17.8 Å². The van der Waals surface area contributed by atoms with Gasteiger partial charge in [-0.2, -0.15) is 5.26 Å². The van der Waals surface area contributed by atoms with Crippen molar-refractivity contribution in [2.75, 3.05) is 33.4 Å². The number of ether oxygens (including phenoxy) is 1. The molecule has 2 N–H and O–H groups in total. The number of aromatic nitrogens is 1. The number of benzene rings is 1. The van der Waals surface area contributed by atoms with E-state index in [-0.39, 0.29) is 23.8 Å². The van der Waals surface area contributed by atoms with E-state index in [9.17, 15) is 14.9 Å². The molecular weight excluding hydrogens is 514 g/mol. The summed E-state index contributed by atoms with van der Waals surface area (Å²) in [5, 5.41) is 16.8. The maximum Gasteiger partial charge on any atom is 0.268 e. The smallest absolute Gasteiger partial charge is 0.268 e. The Bertz CT molecular complexity index is 1180. The summed E-state index contributed by atoms with van der Waals surface area (Å²) in [5.74, 6) is 0.496. The number of para-hydroxylation sites is 1. The number of fused-ring (bicyclic) bond motifs is 1. The maximum absolute atomic E-state index is 13.8. The topological polar surface area (TPSA) is 99.4 Å². The largest absolute Gasteiger partial charge is 0.383 e. The number of methoxy groups -OCH3 is 1. The van der Waals surface area contributed by atoms with E-state index in [0.717, 1.165) is 88.1 Å². The zero-order chi connectivity index (χ0) is 29.2. The lowest BCUT2D eigenvalue weighted by Gasteiger charge is -2.32. The first-order valence-corrected chi connectivity index (χ1v) is 15.7. The van der Waals surface area contributed by atoms with Gasteiger partial charge in [-0.1, -0.05) is 44.9 Å². The van der Waals surface area contributed by atoms with Crippen LogP contribution in [0.25, 0.3) is 10.9 Å². The van der Waals surface area contributed by atoms with Crippen LogP contribution in [0.4, 0.5) is 0 Å². The zero-order valence-electron chi connectivity index (χ0n) is 25.2. The van der Waals surface area contributed by atoms with Gasteiger partial charge < -0.3 is 24.8 Å². The minimum atomic E-state index is -0.499. The Hall–Kier alpha value is -2.89. The number of piperidine rings is 1. The third kappa shape index (κ3) is 8.56. The van der Waals surface area contributed by atoms with Crippen molar-refractivity contribution in [1.29, 1.82) is 5.26 Å². The second kappa shape index (κ2) is 15.4. The fraction of sp³-hybridized carbons (Fsp3) is 0.667. The number of hydrogen-bond donors (Lipinski definition) is 2. The van der Waals surface area contributed by atoms with Crippen molar-refractivity contribution in [2.45, 2.75) is 90.3 Å². The Kier molecular flexibility index (Phi) is 11.6. The van der Waals surface area contributed by atoms with E-state index in [1.807, 2.05) is 32.0 Å². The third-order valence-electron chi connectivity index (χ3n) is 8.95. The molecule has 8 nitrogen and oxygen atoms in total. The Morgan fingerprint density at radius 2 is 1.85 bits per heavy atom. The lowest BCUT2D eigenvalue weighted by molar-refractivity contribution is -0.127. The first-order valence-electron chi connectivity index (χ1n) is 15.7. The van der Waals surface area contributed by atoms with E-state index in [1.165, 1.54) is 12.8 Å². The van der Waals surface area contributed by atoms with Gasteiger partial charge in [-0.25, -0.2) is 0 Å². The lowest BCUT2D eigenvalue weighted by Crippen LogP contribution is -2.50. The summed E-state index contributed by atoms with van der Waals surface area (Å²) in [6, 6.07) is 11.7. The third-order valence-corrected chi connectivity index (χ3v) is 8.95. The van der Waals surface area contributed by atoms with Gasteiger partial charge in [0.1, 0.15) is 11.7 Å². The molecule has 2 aliphatic rings. The second-order valence-corrected chi connectivity index (χ2v) is 12.5. The number of hydrogen-bond acceptors (Lipinski definition) is 5. The van der Waals surface area contributed by atoms with E-state index >= 15 is 0 Å². The number of likely N-dealkylation sites (tertiary alicyclic amines) is 1. The number of nitriles is 1. The van der Waals surface area contributed by atoms with Gasteiger partial charge in [0.15, 0.2) is 0 Å². The number of carbonyl (C=O) groups is 2. The molecule has 4 rings (SSSR count). The van der Waals surface area contributed by atoms with Crippen LogP contribution in [-0.4, -0.2) is 66.7 Å². The van der Waals surface area contributed by atoms with Gasteiger partial charge in [-0.05, 0) is 82.0 Å². The van der Waals surface area contributed by atoms with Crippen molar-refractivity contribution in [3.63, 3.8) is 0 Å². The van der Waals surface area contributed by atoms with E-state index in [1.54, 1.807) is 7.11 Å². The van der Waals surface area contributed by atoms with Crippen molar-refractivity contribution >= 4 is 22.7 Å². The van der Waals surface area contributed by atoms with Gasteiger partial charge in [0.05, 0.1) is 18.6 Å². The number of amides is 2. The number of aryl methyl sites for hydroxylation is 1. The van der Waals surface area contributed by atoms with E-state index < -0.39 is 6.04 Å². The van der Waals surface area contributed by atoms with E-state index in [2.05, 4.69) is 38.3 Å². The quantitative estimate of drug-likeness (QED) is 0.352. The summed E-state index contributed by atoms with van der Waals surface area (Å²) in [7, 11) is 1.76. The maximum atomic E-state index is 13.8. The molecular formula is C33H49N5O3. The minimum absolute atomic E-state index is 0.114. The molecule has 1 aliphatic carbocycles. The van der Waals surface area contributed by atoms with Crippen LogP contribution in [0.15, 0.2) is 30.3 Å². The van der Waals surface area contributed by atoms with Crippen molar-refractivity contribution in [3.05, 3.63) is 36.0 Å². The van der Waals surface area contributed by atoms with Crippen molar-refractivity contribution in [3.8, 4) is 6.07 Å². The predicted molar refractivity (Wildman–Crippen MR) is 162 cm³/mol. The van der Waals surface area contributed by atoms with Crippen LogP contribution in [0, 0.1) is 29.1 Å². The first kappa shape index (κ1) is 31.1. The molecule has 224 valence electrons. The van der Waals surface area contributed by atoms with Gasteiger partial charge >= 0.3 is 0 Å². The highest BCUT2D eigenvalue weighted by atomic mass is 16.5. The summed E-state index contributed by atoms with van der Waals surface area (Å²) in [4.78, 5) is 29.5. The zero-order valence-corrected chi connectivity index (χ0v) is 25.2. The Morgan fingerprint density at radius 3 is 2.59 bits per heavy atom. The van der Waals surface area contributed by atoms with Gasteiger partial charge in [-0.3, -0.25) is 9.59 Å². The highest BCUT2D eigenvalue weighted by Crippen LogP contribution is 2.28. The average Bonchev–Trinajstić information content (AvgIpc) is 3.35. The predicted octanol–water partition coefficient (Wildman–Crippen LogP) is 5.12. The SMILES string of the molecule is COCCN1CCC(CCCn2c(C(=O)NC3CCCCC3C(=O)NC(C#N)CC(C)C)cc3ccccc32)CC1. The number of nitrogens with zero attached hydrogens (tertiary/aromatic N) is 3. The fourth-order valence-corrected chi connectivity index (χ4v) is 6.65. The molecule has 2 aromatic rings. The molecule has 0 radical (unpaired) electrons. The molecule has 2 amide bonds. The monoisotopic (exact) mass is 563 g/mol. The van der Waals surface area contributed by atoms with Crippen LogP contribution >= 0.6 is 0 Å². The number of carbonyl (C=O) groups excluding carboxylic acids is 2. The molecule has 2 heterocycles. The van der Waals surface area contributed by atoms with Crippen LogP contribution < -0.4 is 10.6 Å². The molecule has 1 aliphatic heterocycles. The Morgan fingerprint density at radius 1 is 1.10 bits per heavy atom. The van der Waals surface area contributed by atoms with Crippen LogP contribution in [0.2, 0.25) is 0 Å². The average molecular weight is 564 g/mol. The Balaban J connectivity index is 1.40. The lowest BCUT2D eigenvalue weighted by atomic mass is 9.83. The molecule has 3 unspecified atom stereocenters. The van der Waals surface area contributed by atoms with Crippen molar-refractivity contribution in [1.82, 2.24) is 20.1 Å². The molecule has 0 bridgehead atoms. The minimum Gasteiger partial charge on any atom is -0.383 e. The molecule has 1 aromatic carbocycles. The van der Waals surface area contributed by atoms with E-state index in [0.29, 0.717) is 18.0 Å². The van der Waals surface area contributed by atoms with Gasteiger partial charge in [0, 0.05) is 37.1 Å². The summed E-state index contributed by atoms with van der Waals surface area (Å²) in [6.45, 7) is 8.97. The number of rotatable bonds is 13. The highest BCUT2D eigenvalue weighted by molar-refractivity contribution is 5.99. The standard InChI is InChI=1S/C33H49N5O3/c1-24(2)21-27(23-34)35-32(39)28-11-5-6-12-29(28)36-33(40)31-22-26-10-4-7-13-30(26)38(31)16-8-9-25-14-17-37(18-15-25)19-20-41-3/h4,7,10,13,22,24-25,27-29H,5-6,8-9,11-12,14-21H2,1-3H3,(H,35,39)(H,36,40). The van der Waals surface area contributed by atoms with Gasteiger partial charge in [0.2, 0.25) is 5.91 Å². The summed E-state index contributed by atoms with van der Waals surface area (Å²) in [6.07, 6.45) is 8.69. The normalized spacial score (nSPS) is 21.0. The van der Waals surface area contributed by atoms with Crippen LogP contribution in [0.5, 0.6) is 0 Å².